The number of hydrogen-bond acceptors (Lipinski definition) is 4. The van der Waals surface area contributed by atoms with Gasteiger partial charge in [0.2, 0.25) is 5.91 Å². The third-order valence-electron chi connectivity index (χ3n) is 4.49. The van der Waals surface area contributed by atoms with Gasteiger partial charge in [0.1, 0.15) is 0 Å². The van der Waals surface area contributed by atoms with Crippen LogP contribution in [0.4, 0.5) is 30.2 Å². The maximum absolute atomic E-state index is 13.6. The lowest BCUT2D eigenvalue weighted by Crippen LogP contribution is -2.33. The summed E-state index contributed by atoms with van der Waals surface area (Å²) in [5, 5.41) is 3.22. The van der Waals surface area contributed by atoms with E-state index in [0.717, 1.165) is 28.8 Å². The molecule has 1 aliphatic heterocycles. The van der Waals surface area contributed by atoms with E-state index in [1.54, 1.807) is 0 Å². The number of alkyl halides is 3. The Morgan fingerprint density at radius 2 is 1.90 bits per heavy atom. The Morgan fingerprint density at radius 3 is 2.55 bits per heavy atom. The molecule has 0 radical (unpaired) electrons. The van der Waals surface area contributed by atoms with Gasteiger partial charge in [-0.2, -0.15) is 13.2 Å². The van der Waals surface area contributed by atoms with Gasteiger partial charge in [0.05, 0.1) is 22.6 Å². The van der Waals surface area contributed by atoms with E-state index in [1.807, 2.05) is 43.3 Å². The molecule has 8 heteroatoms. The average Bonchev–Trinajstić information content (AvgIpc) is 2.67. The Kier molecular flexibility index (Phi) is 6.24. The van der Waals surface area contributed by atoms with E-state index in [9.17, 15) is 18.0 Å². The zero-order chi connectivity index (χ0) is 21.2. The van der Waals surface area contributed by atoms with Gasteiger partial charge in [-0.1, -0.05) is 30.5 Å². The largest absolute Gasteiger partial charge is 0.416 e. The quantitative estimate of drug-likeness (QED) is 0.542. The lowest BCUT2D eigenvalue weighted by Gasteiger charge is -2.30. The monoisotopic (exact) mass is 421 g/mol. The number of nitrogens with zero attached hydrogens (tertiary/aromatic N) is 2. The number of anilines is 3. The van der Waals surface area contributed by atoms with Crippen molar-refractivity contribution < 1.29 is 18.0 Å². The fraction of sp³-hybridized carbons (Fsp3) is 0.286. The number of para-hydroxylation sites is 1. The molecule has 2 aromatic carbocycles. The van der Waals surface area contributed by atoms with Crippen molar-refractivity contribution >= 4 is 34.7 Å². The number of carbonyl (C=O) groups excluding carboxylic acids is 1. The summed E-state index contributed by atoms with van der Waals surface area (Å²) in [6.45, 7) is 4.50. The molecule has 0 fully saturated rings. The van der Waals surface area contributed by atoms with Gasteiger partial charge in [-0.3, -0.25) is 4.79 Å². The summed E-state index contributed by atoms with van der Waals surface area (Å²) in [5.74, 6) is -0.434. The van der Waals surface area contributed by atoms with Crippen LogP contribution in [0.1, 0.15) is 12.0 Å². The first-order valence-electron chi connectivity index (χ1n) is 9.08. The molecule has 0 saturated heterocycles. The third-order valence-corrected chi connectivity index (χ3v) is 5.61. The molecule has 1 heterocycles. The first-order chi connectivity index (χ1) is 13.7. The molecule has 29 heavy (non-hydrogen) atoms. The minimum Gasteiger partial charge on any atom is -0.352 e. The molecular weight excluding hydrogens is 399 g/mol. The lowest BCUT2D eigenvalue weighted by atomic mass is 10.1. The molecule has 0 spiro atoms. The summed E-state index contributed by atoms with van der Waals surface area (Å²) in [6.07, 6.45) is -2.78. The van der Waals surface area contributed by atoms with Gasteiger partial charge in [-0.25, -0.2) is 0 Å². The number of halogens is 3. The summed E-state index contributed by atoms with van der Waals surface area (Å²) >= 11 is 1.26. The topological polar surface area (TPSA) is 35.6 Å². The van der Waals surface area contributed by atoms with Gasteiger partial charge in [-0.15, -0.1) is 0 Å². The molecule has 0 aromatic heterocycles. The second-order valence-corrected chi connectivity index (χ2v) is 8.02. The number of fused-ring (bicyclic) bond motifs is 2. The number of carbonyl (C=O) groups is 1. The standard InChI is InChI=1S/C21H22F3N3OS/c1-4-19(28)27(11-7-10-26(2)3)16-12-14(21(22,23)24)13-18-20(16)25-15-8-5-6-9-17(15)29-18/h4-6,8-9,12-13,25H,1,7,10-11H2,2-3H3. The van der Waals surface area contributed by atoms with Crippen molar-refractivity contribution in [2.24, 2.45) is 0 Å². The maximum Gasteiger partial charge on any atom is 0.416 e. The summed E-state index contributed by atoms with van der Waals surface area (Å²) in [4.78, 5) is 17.2. The average molecular weight is 421 g/mol. The minimum atomic E-state index is -4.52. The van der Waals surface area contributed by atoms with Crippen LogP contribution < -0.4 is 10.2 Å². The van der Waals surface area contributed by atoms with E-state index in [-0.39, 0.29) is 12.2 Å². The fourth-order valence-corrected chi connectivity index (χ4v) is 4.16. The SMILES string of the molecule is C=CC(=O)N(CCCN(C)C)c1cc(C(F)(F)F)cc2c1Nc1ccccc1S2. The highest BCUT2D eigenvalue weighted by Gasteiger charge is 2.34. The van der Waals surface area contributed by atoms with Crippen molar-refractivity contribution in [3.8, 4) is 0 Å². The zero-order valence-electron chi connectivity index (χ0n) is 16.2. The Labute approximate surface area is 172 Å². The summed E-state index contributed by atoms with van der Waals surface area (Å²) in [5.41, 5.74) is 0.724. The normalized spacial score (nSPS) is 12.8. The van der Waals surface area contributed by atoms with Gasteiger partial charge in [0, 0.05) is 16.3 Å². The number of nitrogens with one attached hydrogen (secondary N) is 1. The number of amides is 1. The third kappa shape index (κ3) is 4.76. The Bertz CT molecular complexity index is 928. The lowest BCUT2D eigenvalue weighted by molar-refractivity contribution is -0.137. The van der Waals surface area contributed by atoms with Gasteiger partial charge < -0.3 is 15.1 Å². The molecule has 0 atom stereocenters. The smallest absolute Gasteiger partial charge is 0.352 e. The van der Waals surface area contributed by atoms with Crippen molar-refractivity contribution in [2.75, 3.05) is 37.4 Å². The van der Waals surface area contributed by atoms with Crippen LogP contribution in [0.15, 0.2) is 58.8 Å². The van der Waals surface area contributed by atoms with E-state index in [2.05, 4.69) is 11.9 Å². The molecule has 0 saturated carbocycles. The Hall–Kier alpha value is -2.45. The second kappa shape index (κ2) is 8.51. The first-order valence-corrected chi connectivity index (χ1v) is 9.90. The number of rotatable bonds is 6. The van der Waals surface area contributed by atoms with Crippen molar-refractivity contribution in [1.29, 1.82) is 0 Å². The predicted octanol–water partition coefficient (Wildman–Crippen LogP) is 5.38. The summed E-state index contributed by atoms with van der Waals surface area (Å²) in [7, 11) is 3.81. The highest BCUT2D eigenvalue weighted by molar-refractivity contribution is 7.99. The molecule has 3 rings (SSSR count). The molecular formula is C21H22F3N3OS. The van der Waals surface area contributed by atoms with E-state index >= 15 is 0 Å². The van der Waals surface area contributed by atoms with Gasteiger partial charge in [0.15, 0.2) is 0 Å². The molecule has 1 N–H and O–H groups in total. The maximum atomic E-state index is 13.6. The van der Waals surface area contributed by atoms with E-state index in [1.165, 1.54) is 16.7 Å². The van der Waals surface area contributed by atoms with Gasteiger partial charge in [0.25, 0.3) is 0 Å². The molecule has 1 amide bonds. The van der Waals surface area contributed by atoms with E-state index in [0.29, 0.717) is 23.5 Å². The zero-order valence-corrected chi connectivity index (χ0v) is 17.0. The fourth-order valence-electron chi connectivity index (χ4n) is 3.10. The number of hydrogen-bond donors (Lipinski definition) is 1. The molecule has 0 aliphatic carbocycles. The van der Waals surface area contributed by atoms with Crippen LogP contribution in [0.2, 0.25) is 0 Å². The molecule has 154 valence electrons. The Morgan fingerprint density at radius 1 is 1.17 bits per heavy atom. The van der Waals surface area contributed by atoms with E-state index in [4.69, 9.17) is 0 Å². The van der Waals surface area contributed by atoms with Gasteiger partial charge in [-0.05, 0) is 57.4 Å². The number of benzene rings is 2. The van der Waals surface area contributed by atoms with Crippen molar-refractivity contribution in [1.82, 2.24) is 4.90 Å². The summed E-state index contributed by atoms with van der Waals surface area (Å²) < 4.78 is 40.7. The van der Waals surface area contributed by atoms with Crippen molar-refractivity contribution in [3.05, 3.63) is 54.6 Å². The second-order valence-electron chi connectivity index (χ2n) is 6.94. The van der Waals surface area contributed by atoms with Crippen LogP contribution in [0.5, 0.6) is 0 Å². The van der Waals surface area contributed by atoms with Gasteiger partial charge >= 0.3 is 6.18 Å². The first kappa shape index (κ1) is 21.3. The molecule has 1 aliphatic rings. The van der Waals surface area contributed by atoms with Crippen LogP contribution in [-0.2, 0) is 11.0 Å². The van der Waals surface area contributed by atoms with Crippen LogP contribution in [0.3, 0.4) is 0 Å². The predicted molar refractivity (Wildman–Crippen MR) is 111 cm³/mol. The van der Waals surface area contributed by atoms with Crippen LogP contribution in [0, 0.1) is 0 Å². The highest BCUT2D eigenvalue weighted by Crippen LogP contribution is 2.50. The Balaban J connectivity index is 2.10. The van der Waals surface area contributed by atoms with E-state index < -0.39 is 17.6 Å². The van der Waals surface area contributed by atoms with Crippen LogP contribution in [-0.4, -0.2) is 38.0 Å². The highest BCUT2D eigenvalue weighted by atomic mass is 32.2. The molecule has 2 aromatic rings. The van der Waals surface area contributed by atoms with Crippen molar-refractivity contribution in [2.45, 2.75) is 22.4 Å². The van der Waals surface area contributed by atoms with Crippen molar-refractivity contribution in [3.63, 3.8) is 0 Å². The molecule has 0 unspecified atom stereocenters. The molecule has 4 nitrogen and oxygen atoms in total. The molecule has 0 bridgehead atoms. The van der Waals surface area contributed by atoms with Crippen LogP contribution >= 0.6 is 11.8 Å². The van der Waals surface area contributed by atoms with Crippen LogP contribution in [0.25, 0.3) is 0 Å². The minimum absolute atomic E-state index is 0.209. The summed E-state index contributed by atoms with van der Waals surface area (Å²) in [6, 6.07) is 9.56.